The standard InChI is InChI=1S/C13H10N2O4/c1-14-12(16)9-4-2-3-7-5-8(15(18)19)6-10(11(7)9)13(14)17/h2-6,13,17H,1H3. The summed E-state index contributed by atoms with van der Waals surface area (Å²) in [4.78, 5) is 23.6. The van der Waals surface area contributed by atoms with Crippen molar-refractivity contribution in [1.82, 2.24) is 4.90 Å². The maximum absolute atomic E-state index is 12.1. The number of amides is 1. The van der Waals surface area contributed by atoms with E-state index in [9.17, 15) is 20.0 Å². The fourth-order valence-corrected chi connectivity index (χ4v) is 2.44. The van der Waals surface area contributed by atoms with Crippen LogP contribution in [0.3, 0.4) is 0 Å². The molecule has 6 heteroatoms. The van der Waals surface area contributed by atoms with Crippen molar-refractivity contribution in [2.45, 2.75) is 6.23 Å². The van der Waals surface area contributed by atoms with Crippen LogP contribution in [0.25, 0.3) is 10.8 Å². The molecule has 1 amide bonds. The smallest absolute Gasteiger partial charge is 0.270 e. The first-order valence-electron chi connectivity index (χ1n) is 5.67. The number of nitro benzene ring substituents is 1. The number of aliphatic hydroxyl groups is 1. The summed E-state index contributed by atoms with van der Waals surface area (Å²) in [6.45, 7) is 0. The number of nitrogens with zero attached hydrogens (tertiary/aromatic N) is 2. The van der Waals surface area contributed by atoms with E-state index < -0.39 is 11.2 Å². The van der Waals surface area contributed by atoms with E-state index in [2.05, 4.69) is 0 Å². The van der Waals surface area contributed by atoms with E-state index in [1.807, 2.05) is 0 Å². The molecule has 6 nitrogen and oxygen atoms in total. The molecule has 1 aliphatic rings. The molecule has 0 aliphatic carbocycles. The Morgan fingerprint density at radius 1 is 1.37 bits per heavy atom. The highest BCUT2D eigenvalue weighted by molar-refractivity contribution is 6.10. The molecular weight excluding hydrogens is 248 g/mol. The van der Waals surface area contributed by atoms with Crippen molar-refractivity contribution in [3.05, 3.63) is 51.6 Å². The number of non-ortho nitro benzene ring substituents is 1. The molecule has 2 aromatic rings. The zero-order valence-electron chi connectivity index (χ0n) is 10.0. The van der Waals surface area contributed by atoms with Crippen LogP contribution in [0.15, 0.2) is 30.3 Å². The lowest BCUT2D eigenvalue weighted by molar-refractivity contribution is -0.384. The van der Waals surface area contributed by atoms with Crippen molar-refractivity contribution >= 4 is 22.4 Å². The number of hydrogen-bond acceptors (Lipinski definition) is 4. The van der Waals surface area contributed by atoms with Crippen molar-refractivity contribution < 1.29 is 14.8 Å². The van der Waals surface area contributed by atoms with Crippen LogP contribution in [0.2, 0.25) is 0 Å². The highest BCUT2D eigenvalue weighted by atomic mass is 16.6. The average Bonchev–Trinajstić information content (AvgIpc) is 2.41. The normalized spacial score (nSPS) is 17.9. The van der Waals surface area contributed by atoms with Crippen molar-refractivity contribution in [1.29, 1.82) is 0 Å². The van der Waals surface area contributed by atoms with E-state index in [4.69, 9.17) is 0 Å². The zero-order valence-corrected chi connectivity index (χ0v) is 10.0. The third-order valence-corrected chi connectivity index (χ3v) is 3.40. The van der Waals surface area contributed by atoms with Gasteiger partial charge in [0.15, 0.2) is 6.23 Å². The molecule has 0 fully saturated rings. The predicted octanol–water partition coefficient (Wildman–Crippen LogP) is 1.82. The van der Waals surface area contributed by atoms with Gasteiger partial charge >= 0.3 is 0 Å². The first kappa shape index (κ1) is 11.6. The molecule has 0 bridgehead atoms. The SMILES string of the molecule is CN1C(=O)c2cccc3cc([N+](=O)[O-])cc(c23)C1O. The van der Waals surface area contributed by atoms with Crippen molar-refractivity contribution in [2.24, 2.45) is 0 Å². The van der Waals surface area contributed by atoms with Gasteiger partial charge in [0.2, 0.25) is 0 Å². The molecule has 19 heavy (non-hydrogen) atoms. The van der Waals surface area contributed by atoms with Crippen LogP contribution in [0.1, 0.15) is 22.1 Å². The average molecular weight is 258 g/mol. The predicted molar refractivity (Wildman–Crippen MR) is 67.7 cm³/mol. The van der Waals surface area contributed by atoms with E-state index in [-0.39, 0.29) is 11.6 Å². The second-order valence-corrected chi connectivity index (χ2v) is 4.49. The molecule has 1 N–H and O–H groups in total. The Labute approximate surface area is 108 Å². The Morgan fingerprint density at radius 3 is 2.79 bits per heavy atom. The first-order valence-corrected chi connectivity index (χ1v) is 5.67. The quantitative estimate of drug-likeness (QED) is 0.624. The van der Waals surface area contributed by atoms with Crippen LogP contribution in [-0.4, -0.2) is 27.9 Å². The van der Waals surface area contributed by atoms with Gasteiger partial charge in [0.1, 0.15) is 0 Å². The number of aliphatic hydroxyl groups excluding tert-OH is 1. The molecule has 2 aromatic carbocycles. The van der Waals surface area contributed by atoms with Gasteiger partial charge in [0.25, 0.3) is 11.6 Å². The van der Waals surface area contributed by atoms with Crippen molar-refractivity contribution in [2.75, 3.05) is 7.05 Å². The van der Waals surface area contributed by atoms with Crippen LogP contribution in [0.5, 0.6) is 0 Å². The van der Waals surface area contributed by atoms with Crippen LogP contribution >= 0.6 is 0 Å². The second kappa shape index (κ2) is 3.76. The summed E-state index contributed by atoms with van der Waals surface area (Å²) in [6, 6.07) is 7.75. The number of carbonyl (C=O) groups excluding carboxylic acids is 1. The number of rotatable bonds is 1. The number of benzene rings is 2. The third-order valence-electron chi connectivity index (χ3n) is 3.40. The summed E-state index contributed by atoms with van der Waals surface area (Å²) >= 11 is 0. The van der Waals surface area contributed by atoms with Gasteiger partial charge in [-0.05, 0) is 11.5 Å². The topological polar surface area (TPSA) is 83.7 Å². The Morgan fingerprint density at radius 2 is 2.11 bits per heavy atom. The molecule has 0 spiro atoms. The van der Waals surface area contributed by atoms with E-state index in [1.54, 1.807) is 18.2 Å². The summed E-state index contributed by atoms with van der Waals surface area (Å²) in [6.07, 6.45) is -1.16. The van der Waals surface area contributed by atoms with Gasteiger partial charge in [-0.2, -0.15) is 0 Å². The number of hydrogen-bond donors (Lipinski definition) is 1. The first-order chi connectivity index (χ1) is 9.00. The maximum atomic E-state index is 12.1. The molecule has 96 valence electrons. The largest absolute Gasteiger partial charge is 0.369 e. The molecule has 1 heterocycles. The molecule has 1 aliphatic heterocycles. The summed E-state index contributed by atoms with van der Waals surface area (Å²) in [5.74, 6) is -0.292. The molecule has 0 saturated carbocycles. The van der Waals surface area contributed by atoms with Gasteiger partial charge in [-0.15, -0.1) is 0 Å². The molecule has 1 unspecified atom stereocenters. The Kier molecular flexibility index (Phi) is 2.30. The monoisotopic (exact) mass is 258 g/mol. The van der Waals surface area contributed by atoms with E-state index in [1.165, 1.54) is 24.1 Å². The molecule has 0 radical (unpaired) electrons. The maximum Gasteiger partial charge on any atom is 0.270 e. The summed E-state index contributed by atoms with van der Waals surface area (Å²) < 4.78 is 0. The zero-order chi connectivity index (χ0) is 13.7. The van der Waals surface area contributed by atoms with Gasteiger partial charge in [-0.25, -0.2) is 0 Å². The van der Waals surface area contributed by atoms with E-state index in [0.29, 0.717) is 21.9 Å². The third kappa shape index (κ3) is 1.50. The molecule has 0 aromatic heterocycles. The van der Waals surface area contributed by atoms with Crippen LogP contribution in [0.4, 0.5) is 5.69 Å². The van der Waals surface area contributed by atoms with Gasteiger partial charge in [0.05, 0.1) is 4.92 Å². The minimum Gasteiger partial charge on any atom is -0.369 e. The lowest BCUT2D eigenvalue weighted by atomic mass is 9.93. The fraction of sp³-hybridized carbons (Fsp3) is 0.154. The summed E-state index contributed by atoms with van der Waals surface area (Å²) in [5, 5.41) is 22.2. The molecule has 1 atom stereocenters. The second-order valence-electron chi connectivity index (χ2n) is 4.49. The van der Waals surface area contributed by atoms with Gasteiger partial charge in [-0.3, -0.25) is 14.9 Å². The van der Waals surface area contributed by atoms with Crippen LogP contribution in [-0.2, 0) is 0 Å². The lowest BCUT2D eigenvalue weighted by Crippen LogP contribution is -2.34. The molecule has 3 rings (SSSR count). The van der Waals surface area contributed by atoms with Crippen molar-refractivity contribution in [3.8, 4) is 0 Å². The Balaban J connectivity index is 2.44. The minimum atomic E-state index is -1.16. The Hall–Kier alpha value is -2.47. The summed E-state index contributed by atoms with van der Waals surface area (Å²) in [5.41, 5.74) is 0.749. The van der Waals surface area contributed by atoms with Gasteiger partial charge in [-0.1, -0.05) is 12.1 Å². The number of nitro groups is 1. The molecular formula is C13H10N2O4. The van der Waals surface area contributed by atoms with E-state index >= 15 is 0 Å². The van der Waals surface area contributed by atoms with Gasteiger partial charge in [0, 0.05) is 35.7 Å². The van der Waals surface area contributed by atoms with Crippen molar-refractivity contribution in [3.63, 3.8) is 0 Å². The highest BCUT2D eigenvalue weighted by Crippen LogP contribution is 2.37. The van der Waals surface area contributed by atoms with Crippen LogP contribution in [0, 0.1) is 10.1 Å². The molecule has 0 saturated heterocycles. The lowest BCUT2D eigenvalue weighted by Gasteiger charge is -2.30. The van der Waals surface area contributed by atoms with E-state index in [0.717, 1.165) is 0 Å². The minimum absolute atomic E-state index is 0.0959. The van der Waals surface area contributed by atoms with Gasteiger partial charge < -0.3 is 10.0 Å². The van der Waals surface area contributed by atoms with Crippen LogP contribution < -0.4 is 0 Å². The number of carbonyl (C=O) groups is 1. The highest BCUT2D eigenvalue weighted by Gasteiger charge is 2.31. The fourth-order valence-electron chi connectivity index (χ4n) is 2.44. The Bertz CT molecular complexity index is 726. The summed E-state index contributed by atoms with van der Waals surface area (Å²) in [7, 11) is 1.47.